The molecule has 0 aromatic heterocycles. The Morgan fingerprint density at radius 1 is 1.56 bits per heavy atom. The van der Waals surface area contributed by atoms with Crippen LogP contribution in [0.5, 0.6) is 0 Å². The van der Waals surface area contributed by atoms with Crippen LogP contribution in [-0.2, 0) is 14.9 Å². The molecule has 1 aromatic carbocycles. The highest BCUT2D eigenvalue weighted by molar-refractivity contribution is 8.00. The Labute approximate surface area is 109 Å². The van der Waals surface area contributed by atoms with E-state index in [0.717, 1.165) is 16.1 Å². The second-order valence-electron chi connectivity index (χ2n) is 4.65. The van der Waals surface area contributed by atoms with Crippen molar-refractivity contribution in [3.63, 3.8) is 0 Å². The summed E-state index contributed by atoms with van der Waals surface area (Å²) in [7, 11) is 0. The van der Waals surface area contributed by atoms with Gasteiger partial charge in [0.1, 0.15) is 5.41 Å². The van der Waals surface area contributed by atoms with E-state index in [-0.39, 0.29) is 11.2 Å². The predicted molar refractivity (Wildman–Crippen MR) is 68.5 cm³/mol. The molecule has 0 spiro atoms. The molecule has 5 heteroatoms. The number of hydrogen-bond acceptors (Lipinski definition) is 4. The topological polar surface area (TPSA) is 62.1 Å². The van der Waals surface area contributed by atoms with Crippen molar-refractivity contribution < 1.29 is 9.53 Å². The first kappa shape index (κ1) is 11.6. The monoisotopic (exact) mass is 260 g/mol. The zero-order valence-electron chi connectivity index (χ0n) is 9.90. The minimum absolute atomic E-state index is 0.0298. The SMILES string of the molecule is CC1Sc2cc(C3(C#N)COC3)ccc2NC1=O. The molecule has 0 aliphatic carbocycles. The van der Waals surface area contributed by atoms with E-state index in [1.165, 1.54) is 11.8 Å². The number of amides is 1. The van der Waals surface area contributed by atoms with Gasteiger partial charge in [0.15, 0.2) is 0 Å². The molecule has 1 unspecified atom stereocenters. The van der Waals surface area contributed by atoms with Gasteiger partial charge >= 0.3 is 0 Å². The Morgan fingerprint density at radius 3 is 2.94 bits per heavy atom. The van der Waals surface area contributed by atoms with E-state index in [9.17, 15) is 10.1 Å². The summed E-state index contributed by atoms with van der Waals surface area (Å²) in [4.78, 5) is 12.6. The first-order valence-electron chi connectivity index (χ1n) is 5.76. The number of nitrogens with zero attached hydrogens (tertiary/aromatic N) is 1. The molecular weight excluding hydrogens is 248 g/mol. The fourth-order valence-electron chi connectivity index (χ4n) is 2.10. The van der Waals surface area contributed by atoms with Gasteiger partial charge in [0.05, 0.1) is 30.2 Å². The van der Waals surface area contributed by atoms with Gasteiger partial charge in [-0.3, -0.25) is 4.79 Å². The van der Waals surface area contributed by atoms with Crippen LogP contribution in [0, 0.1) is 11.3 Å². The van der Waals surface area contributed by atoms with Gasteiger partial charge in [-0.2, -0.15) is 5.26 Å². The fourth-order valence-corrected chi connectivity index (χ4v) is 3.09. The normalized spacial score (nSPS) is 24.4. The average molecular weight is 260 g/mol. The maximum atomic E-state index is 11.6. The van der Waals surface area contributed by atoms with Gasteiger partial charge in [-0.1, -0.05) is 6.07 Å². The largest absolute Gasteiger partial charge is 0.377 e. The second kappa shape index (κ2) is 4.01. The molecular formula is C13H12N2O2S. The maximum Gasteiger partial charge on any atom is 0.237 e. The van der Waals surface area contributed by atoms with Gasteiger partial charge in [-0.15, -0.1) is 11.8 Å². The first-order chi connectivity index (χ1) is 8.64. The lowest BCUT2D eigenvalue weighted by atomic mass is 9.80. The van der Waals surface area contributed by atoms with Crippen LogP contribution in [-0.4, -0.2) is 24.4 Å². The number of anilines is 1. The first-order valence-corrected chi connectivity index (χ1v) is 6.64. The van der Waals surface area contributed by atoms with Crippen molar-refractivity contribution in [1.29, 1.82) is 5.26 Å². The van der Waals surface area contributed by atoms with Crippen LogP contribution >= 0.6 is 11.8 Å². The number of nitrogens with one attached hydrogen (secondary N) is 1. The maximum absolute atomic E-state index is 11.6. The lowest BCUT2D eigenvalue weighted by molar-refractivity contribution is -0.115. The lowest BCUT2D eigenvalue weighted by Crippen LogP contribution is -2.45. The van der Waals surface area contributed by atoms with Crippen molar-refractivity contribution in [2.45, 2.75) is 22.5 Å². The van der Waals surface area contributed by atoms with Crippen LogP contribution < -0.4 is 5.32 Å². The molecule has 92 valence electrons. The third-order valence-electron chi connectivity index (χ3n) is 3.38. The number of thioether (sulfide) groups is 1. The number of carbonyl (C=O) groups is 1. The van der Waals surface area contributed by atoms with Crippen LogP contribution in [0.2, 0.25) is 0 Å². The molecule has 2 heterocycles. The van der Waals surface area contributed by atoms with Gasteiger partial charge < -0.3 is 10.1 Å². The van der Waals surface area contributed by atoms with Crippen LogP contribution in [0.3, 0.4) is 0 Å². The summed E-state index contributed by atoms with van der Waals surface area (Å²) in [6.45, 7) is 2.78. The Balaban J connectivity index is 1.99. The molecule has 1 atom stereocenters. The van der Waals surface area contributed by atoms with Gasteiger partial charge in [0, 0.05) is 4.90 Å². The highest BCUT2D eigenvalue weighted by Crippen LogP contribution is 2.40. The molecule has 0 bridgehead atoms. The molecule has 0 radical (unpaired) electrons. The molecule has 1 saturated heterocycles. The Kier molecular flexibility index (Phi) is 2.58. The Morgan fingerprint density at radius 2 is 2.33 bits per heavy atom. The van der Waals surface area contributed by atoms with Gasteiger partial charge in [0.2, 0.25) is 5.91 Å². The molecule has 1 amide bonds. The number of carbonyl (C=O) groups excluding carboxylic acids is 1. The molecule has 1 N–H and O–H groups in total. The van der Waals surface area contributed by atoms with E-state index in [1.807, 2.05) is 25.1 Å². The van der Waals surface area contributed by atoms with E-state index >= 15 is 0 Å². The minimum Gasteiger partial charge on any atom is -0.377 e. The third kappa shape index (κ3) is 1.61. The molecule has 1 aromatic rings. The third-order valence-corrected chi connectivity index (χ3v) is 4.54. The van der Waals surface area contributed by atoms with E-state index in [2.05, 4.69) is 11.4 Å². The van der Waals surface area contributed by atoms with E-state index < -0.39 is 5.41 Å². The number of ether oxygens (including phenoxy) is 1. The zero-order valence-corrected chi connectivity index (χ0v) is 10.7. The smallest absolute Gasteiger partial charge is 0.237 e. The second-order valence-corrected chi connectivity index (χ2v) is 6.03. The van der Waals surface area contributed by atoms with Crippen molar-refractivity contribution in [1.82, 2.24) is 0 Å². The summed E-state index contributed by atoms with van der Waals surface area (Å²) < 4.78 is 5.17. The van der Waals surface area contributed by atoms with Crippen LogP contribution in [0.1, 0.15) is 12.5 Å². The molecule has 0 saturated carbocycles. The summed E-state index contributed by atoms with van der Waals surface area (Å²) in [5, 5.41) is 12.1. The minimum atomic E-state index is -0.500. The molecule has 18 heavy (non-hydrogen) atoms. The van der Waals surface area contributed by atoms with Crippen LogP contribution in [0.25, 0.3) is 0 Å². The van der Waals surface area contributed by atoms with Gasteiger partial charge in [0.25, 0.3) is 0 Å². The summed E-state index contributed by atoms with van der Waals surface area (Å²) in [6, 6.07) is 8.12. The number of benzene rings is 1. The summed E-state index contributed by atoms with van der Waals surface area (Å²) in [5.74, 6) is 0.0298. The molecule has 1 fully saturated rings. The standard InChI is InChI=1S/C13H12N2O2S/c1-8-12(16)15-10-3-2-9(4-11(10)18-8)13(5-14)6-17-7-13/h2-4,8H,6-7H2,1H3,(H,15,16). The molecule has 3 rings (SSSR count). The average Bonchev–Trinajstić information content (AvgIpc) is 2.30. The van der Waals surface area contributed by atoms with Crippen molar-refractivity contribution in [3.05, 3.63) is 23.8 Å². The lowest BCUT2D eigenvalue weighted by Gasteiger charge is -2.36. The van der Waals surface area contributed by atoms with Crippen LogP contribution in [0.15, 0.2) is 23.1 Å². The molecule has 4 nitrogen and oxygen atoms in total. The van der Waals surface area contributed by atoms with Crippen LogP contribution in [0.4, 0.5) is 5.69 Å². The predicted octanol–water partition coefficient (Wildman–Crippen LogP) is 1.91. The van der Waals surface area contributed by atoms with Crippen molar-refractivity contribution in [2.24, 2.45) is 0 Å². The van der Waals surface area contributed by atoms with E-state index in [0.29, 0.717) is 13.2 Å². The molecule has 2 aliphatic rings. The van der Waals surface area contributed by atoms with Crippen molar-refractivity contribution >= 4 is 23.4 Å². The molecule has 2 aliphatic heterocycles. The summed E-state index contributed by atoms with van der Waals surface area (Å²) in [5.41, 5.74) is 1.31. The Hall–Kier alpha value is -1.51. The van der Waals surface area contributed by atoms with Crippen molar-refractivity contribution in [2.75, 3.05) is 18.5 Å². The summed E-state index contributed by atoms with van der Waals surface area (Å²) in [6.07, 6.45) is 0. The number of hydrogen-bond donors (Lipinski definition) is 1. The number of rotatable bonds is 1. The zero-order chi connectivity index (χ0) is 12.8. The number of fused-ring (bicyclic) bond motifs is 1. The Bertz CT molecular complexity index is 561. The highest BCUT2D eigenvalue weighted by atomic mass is 32.2. The quantitative estimate of drug-likeness (QED) is 0.838. The van der Waals surface area contributed by atoms with E-state index in [1.54, 1.807) is 0 Å². The number of nitriles is 1. The summed E-state index contributed by atoms with van der Waals surface area (Å²) >= 11 is 1.53. The van der Waals surface area contributed by atoms with E-state index in [4.69, 9.17) is 4.74 Å². The highest BCUT2D eigenvalue weighted by Gasteiger charge is 2.41. The fraction of sp³-hybridized carbons (Fsp3) is 0.385. The van der Waals surface area contributed by atoms with Crippen molar-refractivity contribution in [3.8, 4) is 6.07 Å². The van der Waals surface area contributed by atoms with Gasteiger partial charge in [-0.05, 0) is 24.6 Å². The van der Waals surface area contributed by atoms with Gasteiger partial charge in [-0.25, -0.2) is 0 Å².